The third-order valence-electron chi connectivity index (χ3n) is 5.71. The van der Waals surface area contributed by atoms with Gasteiger partial charge in [0.15, 0.2) is 11.5 Å². The Hall–Kier alpha value is -3.69. The van der Waals surface area contributed by atoms with Gasteiger partial charge in [0.1, 0.15) is 11.2 Å². The molecule has 0 atom stereocenters. The highest BCUT2D eigenvalue weighted by atomic mass is 19.4. The number of anilines is 1. The summed E-state index contributed by atoms with van der Waals surface area (Å²) in [6, 6.07) is 8.22. The van der Waals surface area contributed by atoms with Crippen LogP contribution in [-0.4, -0.2) is 44.7 Å². The summed E-state index contributed by atoms with van der Waals surface area (Å²) in [5.74, 6) is 0.801. The summed E-state index contributed by atoms with van der Waals surface area (Å²) in [5.41, 5.74) is 1.68. The van der Waals surface area contributed by atoms with Crippen molar-refractivity contribution in [3.05, 3.63) is 54.5 Å². The van der Waals surface area contributed by atoms with Gasteiger partial charge in [-0.2, -0.15) is 13.2 Å². The highest BCUT2D eigenvalue weighted by molar-refractivity contribution is 5.80. The van der Waals surface area contributed by atoms with Gasteiger partial charge in [0.05, 0.1) is 36.4 Å². The lowest BCUT2D eigenvalue weighted by molar-refractivity contribution is -0.137. The predicted molar refractivity (Wildman–Crippen MR) is 118 cm³/mol. The summed E-state index contributed by atoms with van der Waals surface area (Å²) in [6.45, 7) is 1.97. The zero-order valence-electron chi connectivity index (χ0n) is 17.9. The van der Waals surface area contributed by atoms with Crippen LogP contribution < -0.4 is 9.64 Å². The molecule has 0 saturated carbocycles. The van der Waals surface area contributed by atoms with Crippen LogP contribution in [0.4, 0.5) is 18.9 Å². The SMILES string of the molecule is COc1ccc(-n2c(-c3ccc(N4CCCCC4)cn3)nc3cc(C(F)(F)F)cnc32)cn1. The van der Waals surface area contributed by atoms with E-state index in [0.717, 1.165) is 43.9 Å². The lowest BCUT2D eigenvalue weighted by Crippen LogP contribution is -2.29. The van der Waals surface area contributed by atoms with E-state index in [9.17, 15) is 13.2 Å². The molecular weight excluding hydrogens is 433 g/mol. The van der Waals surface area contributed by atoms with E-state index in [4.69, 9.17) is 4.74 Å². The first-order chi connectivity index (χ1) is 15.9. The van der Waals surface area contributed by atoms with Crippen molar-refractivity contribution in [2.75, 3.05) is 25.1 Å². The van der Waals surface area contributed by atoms with Gasteiger partial charge in [-0.1, -0.05) is 0 Å². The van der Waals surface area contributed by atoms with E-state index in [-0.39, 0.29) is 11.2 Å². The van der Waals surface area contributed by atoms with Crippen molar-refractivity contribution in [3.8, 4) is 23.1 Å². The highest BCUT2D eigenvalue weighted by Crippen LogP contribution is 2.33. The summed E-state index contributed by atoms with van der Waals surface area (Å²) in [6.07, 6.45) is 3.17. The molecular formula is C23H21F3N6O. The number of imidazole rings is 1. The van der Waals surface area contributed by atoms with Crippen LogP contribution in [0.5, 0.6) is 5.88 Å². The van der Waals surface area contributed by atoms with Crippen LogP contribution in [0, 0.1) is 0 Å². The van der Waals surface area contributed by atoms with Gasteiger partial charge in [-0.25, -0.2) is 15.0 Å². The lowest BCUT2D eigenvalue weighted by atomic mass is 10.1. The van der Waals surface area contributed by atoms with Crippen molar-refractivity contribution >= 4 is 16.9 Å². The lowest BCUT2D eigenvalue weighted by Gasteiger charge is -2.28. The molecule has 1 aliphatic rings. The quantitative estimate of drug-likeness (QED) is 0.437. The number of pyridine rings is 3. The van der Waals surface area contributed by atoms with E-state index in [0.29, 0.717) is 23.1 Å². The topological polar surface area (TPSA) is 69.0 Å². The predicted octanol–water partition coefficient (Wildman–Crippen LogP) is 4.90. The van der Waals surface area contributed by atoms with Gasteiger partial charge >= 0.3 is 6.18 Å². The fourth-order valence-corrected chi connectivity index (χ4v) is 4.02. The molecule has 0 radical (unpaired) electrons. The molecule has 0 aliphatic carbocycles. The van der Waals surface area contributed by atoms with Gasteiger partial charge in [0.2, 0.25) is 5.88 Å². The van der Waals surface area contributed by atoms with E-state index >= 15 is 0 Å². The van der Waals surface area contributed by atoms with Gasteiger partial charge < -0.3 is 9.64 Å². The van der Waals surface area contributed by atoms with Crippen LogP contribution in [-0.2, 0) is 6.18 Å². The second-order valence-corrected chi connectivity index (χ2v) is 7.84. The molecule has 5 rings (SSSR count). The average molecular weight is 454 g/mol. The van der Waals surface area contributed by atoms with Crippen molar-refractivity contribution in [2.45, 2.75) is 25.4 Å². The van der Waals surface area contributed by atoms with E-state index in [1.54, 1.807) is 29.1 Å². The Balaban J connectivity index is 1.63. The molecule has 5 heterocycles. The van der Waals surface area contributed by atoms with Crippen molar-refractivity contribution < 1.29 is 17.9 Å². The Labute approximate surface area is 187 Å². The van der Waals surface area contributed by atoms with Crippen LogP contribution in [0.2, 0.25) is 0 Å². The number of nitrogens with zero attached hydrogens (tertiary/aromatic N) is 6. The fraction of sp³-hybridized carbons (Fsp3) is 0.304. The van der Waals surface area contributed by atoms with Crippen LogP contribution in [0.3, 0.4) is 0 Å². The zero-order valence-corrected chi connectivity index (χ0v) is 17.9. The smallest absolute Gasteiger partial charge is 0.417 e. The highest BCUT2D eigenvalue weighted by Gasteiger charge is 2.32. The summed E-state index contributed by atoms with van der Waals surface area (Å²) in [5, 5.41) is 0. The molecule has 0 amide bonds. The molecule has 0 aromatic carbocycles. The Kier molecular flexibility index (Phi) is 5.35. The second kappa shape index (κ2) is 8.34. The molecule has 0 unspecified atom stereocenters. The standard InChI is InChI=1S/C23H21F3N6O/c1-33-20-8-6-17(14-28-20)32-21-19(11-15(12-29-21)23(24,25)26)30-22(32)18-7-5-16(13-27-18)31-9-3-2-4-10-31/h5-8,11-14H,2-4,9-10H2,1H3. The monoisotopic (exact) mass is 454 g/mol. The van der Waals surface area contributed by atoms with E-state index in [1.165, 1.54) is 13.5 Å². The molecule has 33 heavy (non-hydrogen) atoms. The maximum atomic E-state index is 13.3. The number of rotatable bonds is 4. The molecule has 1 aliphatic heterocycles. The van der Waals surface area contributed by atoms with Crippen LogP contribution in [0.15, 0.2) is 48.9 Å². The third kappa shape index (κ3) is 4.08. The molecule has 0 bridgehead atoms. The molecule has 170 valence electrons. The molecule has 0 spiro atoms. The minimum absolute atomic E-state index is 0.123. The summed E-state index contributed by atoms with van der Waals surface area (Å²) < 4.78 is 46.6. The average Bonchev–Trinajstić information content (AvgIpc) is 3.23. The first-order valence-electron chi connectivity index (χ1n) is 10.6. The van der Waals surface area contributed by atoms with Gasteiger partial charge in [-0.3, -0.25) is 9.55 Å². The van der Waals surface area contributed by atoms with Crippen LogP contribution in [0.1, 0.15) is 24.8 Å². The number of piperidine rings is 1. The van der Waals surface area contributed by atoms with Gasteiger partial charge in [0.25, 0.3) is 0 Å². The number of alkyl halides is 3. The van der Waals surface area contributed by atoms with Crippen molar-refractivity contribution in [1.82, 2.24) is 24.5 Å². The van der Waals surface area contributed by atoms with Gasteiger partial charge in [-0.05, 0) is 43.5 Å². The molecule has 4 aromatic rings. The van der Waals surface area contributed by atoms with E-state index < -0.39 is 11.7 Å². The summed E-state index contributed by atoms with van der Waals surface area (Å²) in [7, 11) is 1.51. The largest absolute Gasteiger partial charge is 0.481 e. The fourth-order valence-electron chi connectivity index (χ4n) is 4.02. The van der Waals surface area contributed by atoms with Crippen molar-refractivity contribution in [1.29, 1.82) is 0 Å². The zero-order chi connectivity index (χ0) is 23.0. The number of ether oxygens (including phenoxy) is 1. The van der Waals surface area contributed by atoms with Gasteiger partial charge in [0, 0.05) is 25.4 Å². The molecule has 1 fully saturated rings. The molecule has 7 nitrogen and oxygen atoms in total. The third-order valence-corrected chi connectivity index (χ3v) is 5.71. The summed E-state index contributed by atoms with van der Waals surface area (Å²) in [4.78, 5) is 19.7. The maximum Gasteiger partial charge on any atom is 0.417 e. The Morgan fingerprint density at radius 3 is 2.27 bits per heavy atom. The van der Waals surface area contributed by atoms with Crippen LogP contribution in [0.25, 0.3) is 28.4 Å². The molecule has 1 saturated heterocycles. The second-order valence-electron chi connectivity index (χ2n) is 7.84. The number of aromatic nitrogens is 5. The first-order valence-corrected chi connectivity index (χ1v) is 10.6. The minimum Gasteiger partial charge on any atom is -0.481 e. The van der Waals surface area contributed by atoms with Crippen molar-refractivity contribution in [3.63, 3.8) is 0 Å². The molecule has 4 aromatic heterocycles. The number of methoxy groups -OCH3 is 1. The number of hydrogen-bond donors (Lipinski definition) is 0. The Morgan fingerprint density at radius 2 is 1.64 bits per heavy atom. The minimum atomic E-state index is -4.51. The maximum absolute atomic E-state index is 13.3. The van der Waals surface area contributed by atoms with Crippen molar-refractivity contribution in [2.24, 2.45) is 0 Å². The normalized spacial score (nSPS) is 14.6. The number of halogens is 3. The molecule has 0 N–H and O–H groups in total. The van der Waals surface area contributed by atoms with E-state index in [1.807, 2.05) is 12.1 Å². The number of hydrogen-bond acceptors (Lipinski definition) is 6. The Morgan fingerprint density at radius 1 is 0.879 bits per heavy atom. The number of fused-ring (bicyclic) bond motifs is 1. The first kappa shape index (κ1) is 21.2. The van der Waals surface area contributed by atoms with Crippen LogP contribution >= 0.6 is 0 Å². The molecule has 10 heteroatoms. The Bertz CT molecular complexity index is 1260. The summed E-state index contributed by atoms with van der Waals surface area (Å²) >= 11 is 0. The van der Waals surface area contributed by atoms with Gasteiger partial charge in [-0.15, -0.1) is 0 Å². The van der Waals surface area contributed by atoms with E-state index in [2.05, 4.69) is 24.8 Å².